The van der Waals surface area contributed by atoms with E-state index in [1.807, 2.05) is 17.2 Å². The van der Waals surface area contributed by atoms with E-state index in [-0.39, 0.29) is 23.3 Å². The minimum atomic E-state index is -0.0643. The van der Waals surface area contributed by atoms with Gasteiger partial charge in [0, 0.05) is 25.0 Å². The fourth-order valence-corrected chi connectivity index (χ4v) is 3.15. The van der Waals surface area contributed by atoms with E-state index in [1.165, 1.54) is 0 Å². The molecule has 112 valence electrons. The van der Waals surface area contributed by atoms with Crippen molar-refractivity contribution in [1.29, 1.82) is 0 Å². The SMILES string of the molecule is CC(C)(C)CC(CN)C(=O)N1CCCC1c1ccc[nH]1. The third kappa shape index (κ3) is 3.42. The molecule has 3 N–H and O–H groups in total. The largest absolute Gasteiger partial charge is 0.363 e. The van der Waals surface area contributed by atoms with Crippen molar-refractivity contribution in [3.8, 4) is 0 Å². The summed E-state index contributed by atoms with van der Waals surface area (Å²) in [5.41, 5.74) is 7.12. The Morgan fingerprint density at radius 3 is 2.85 bits per heavy atom. The van der Waals surface area contributed by atoms with Crippen LogP contribution in [0.2, 0.25) is 0 Å². The van der Waals surface area contributed by atoms with Crippen molar-refractivity contribution in [2.45, 2.75) is 46.1 Å². The first-order valence-electron chi connectivity index (χ1n) is 7.56. The van der Waals surface area contributed by atoms with Crippen LogP contribution < -0.4 is 5.73 Å². The molecule has 1 aromatic rings. The van der Waals surface area contributed by atoms with Crippen LogP contribution in [0, 0.1) is 11.3 Å². The third-order valence-corrected chi connectivity index (χ3v) is 4.01. The lowest BCUT2D eigenvalue weighted by molar-refractivity contribution is -0.137. The van der Waals surface area contributed by atoms with E-state index >= 15 is 0 Å². The maximum atomic E-state index is 12.8. The van der Waals surface area contributed by atoms with E-state index < -0.39 is 0 Å². The zero-order chi connectivity index (χ0) is 14.8. The molecule has 20 heavy (non-hydrogen) atoms. The molecule has 1 aromatic heterocycles. The first kappa shape index (κ1) is 15.1. The lowest BCUT2D eigenvalue weighted by atomic mass is 9.84. The van der Waals surface area contributed by atoms with E-state index in [0.29, 0.717) is 6.54 Å². The van der Waals surface area contributed by atoms with Gasteiger partial charge in [-0.05, 0) is 36.8 Å². The number of hydrogen-bond acceptors (Lipinski definition) is 2. The summed E-state index contributed by atoms with van der Waals surface area (Å²) in [7, 11) is 0. The number of amides is 1. The number of H-pyrrole nitrogens is 1. The van der Waals surface area contributed by atoms with Gasteiger partial charge in [-0.25, -0.2) is 0 Å². The van der Waals surface area contributed by atoms with Crippen LogP contribution in [0.3, 0.4) is 0 Å². The molecule has 1 saturated heterocycles. The monoisotopic (exact) mass is 277 g/mol. The second-order valence-corrected chi connectivity index (χ2v) is 7.01. The van der Waals surface area contributed by atoms with Crippen molar-refractivity contribution in [3.63, 3.8) is 0 Å². The highest BCUT2D eigenvalue weighted by atomic mass is 16.2. The van der Waals surface area contributed by atoms with Crippen molar-refractivity contribution in [1.82, 2.24) is 9.88 Å². The molecule has 2 atom stereocenters. The number of nitrogens with zero attached hydrogens (tertiary/aromatic N) is 1. The topological polar surface area (TPSA) is 62.1 Å². The van der Waals surface area contributed by atoms with Crippen LogP contribution in [-0.4, -0.2) is 28.9 Å². The zero-order valence-electron chi connectivity index (χ0n) is 12.9. The third-order valence-electron chi connectivity index (χ3n) is 4.01. The Balaban J connectivity index is 2.10. The van der Waals surface area contributed by atoms with Crippen LogP contribution in [-0.2, 0) is 4.79 Å². The van der Waals surface area contributed by atoms with Gasteiger partial charge >= 0.3 is 0 Å². The highest BCUT2D eigenvalue weighted by molar-refractivity contribution is 5.80. The van der Waals surface area contributed by atoms with E-state index in [9.17, 15) is 4.79 Å². The van der Waals surface area contributed by atoms with Crippen molar-refractivity contribution >= 4 is 5.91 Å². The van der Waals surface area contributed by atoms with Crippen LogP contribution in [0.15, 0.2) is 18.3 Å². The molecule has 2 unspecified atom stereocenters. The first-order valence-corrected chi connectivity index (χ1v) is 7.56. The van der Waals surface area contributed by atoms with E-state index in [1.54, 1.807) is 0 Å². The molecule has 4 heteroatoms. The Labute approximate surface area is 121 Å². The number of likely N-dealkylation sites (tertiary alicyclic amines) is 1. The maximum absolute atomic E-state index is 12.8. The van der Waals surface area contributed by atoms with Gasteiger partial charge in [-0.1, -0.05) is 20.8 Å². The van der Waals surface area contributed by atoms with Gasteiger partial charge in [-0.15, -0.1) is 0 Å². The lowest BCUT2D eigenvalue weighted by Crippen LogP contribution is -2.40. The fraction of sp³-hybridized carbons (Fsp3) is 0.688. The standard InChI is InChI=1S/C16H27N3O/c1-16(2,3)10-12(11-17)15(20)19-9-5-7-14(19)13-6-4-8-18-13/h4,6,8,12,14,18H,5,7,9-11,17H2,1-3H3. The summed E-state index contributed by atoms with van der Waals surface area (Å²) < 4.78 is 0. The summed E-state index contributed by atoms with van der Waals surface area (Å²) in [5, 5.41) is 0. The number of hydrogen-bond donors (Lipinski definition) is 2. The number of nitrogens with two attached hydrogens (primary N) is 1. The molecule has 1 aliphatic rings. The molecule has 1 aliphatic heterocycles. The second-order valence-electron chi connectivity index (χ2n) is 7.01. The Morgan fingerprint density at radius 2 is 2.30 bits per heavy atom. The average Bonchev–Trinajstić information content (AvgIpc) is 3.03. The van der Waals surface area contributed by atoms with Gasteiger partial charge in [-0.3, -0.25) is 4.79 Å². The van der Waals surface area contributed by atoms with E-state index in [0.717, 1.165) is 31.5 Å². The second kappa shape index (κ2) is 6.00. The van der Waals surface area contributed by atoms with Crippen molar-refractivity contribution in [2.75, 3.05) is 13.1 Å². The van der Waals surface area contributed by atoms with Crippen LogP contribution >= 0.6 is 0 Å². The lowest BCUT2D eigenvalue weighted by Gasteiger charge is -2.31. The molecule has 0 saturated carbocycles. The quantitative estimate of drug-likeness (QED) is 0.889. The van der Waals surface area contributed by atoms with Gasteiger partial charge in [0.15, 0.2) is 0 Å². The van der Waals surface area contributed by atoms with Gasteiger partial charge in [0.05, 0.1) is 12.0 Å². The Bertz CT molecular complexity index is 433. The highest BCUT2D eigenvalue weighted by Gasteiger charge is 2.35. The van der Waals surface area contributed by atoms with Crippen LogP contribution in [0.25, 0.3) is 0 Å². The molecule has 1 fully saturated rings. The molecule has 2 heterocycles. The maximum Gasteiger partial charge on any atom is 0.227 e. The fourth-order valence-electron chi connectivity index (χ4n) is 3.15. The first-order chi connectivity index (χ1) is 9.42. The number of rotatable bonds is 4. The van der Waals surface area contributed by atoms with E-state index in [2.05, 4.69) is 31.8 Å². The van der Waals surface area contributed by atoms with Gasteiger partial charge in [-0.2, -0.15) is 0 Å². The van der Waals surface area contributed by atoms with Gasteiger partial charge in [0.25, 0.3) is 0 Å². The molecule has 4 nitrogen and oxygen atoms in total. The summed E-state index contributed by atoms with van der Waals surface area (Å²) in [6.07, 6.45) is 4.88. The molecule has 0 aliphatic carbocycles. The minimum absolute atomic E-state index is 0.0643. The van der Waals surface area contributed by atoms with Crippen LogP contribution in [0.4, 0.5) is 0 Å². The van der Waals surface area contributed by atoms with Crippen LogP contribution in [0.5, 0.6) is 0 Å². The summed E-state index contributed by atoms with van der Waals surface area (Å²) in [6.45, 7) is 7.77. The van der Waals surface area contributed by atoms with E-state index in [4.69, 9.17) is 5.73 Å². The molecule has 0 spiro atoms. The summed E-state index contributed by atoms with van der Waals surface area (Å²) >= 11 is 0. The minimum Gasteiger partial charge on any atom is -0.363 e. The summed E-state index contributed by atoms with van der Waals surface area (Å²) in [6, 6.07) is 4.26. The number of nitrogens with one attached hydrogen (secondary N) is 1. The Morgan fingerprint density at radius 1 is 1.55 bits per heavy atom. The summed E-state index contributed by atoms with van der Waals surface area (Å²) in [4.78, 5) is 18.1. The number of aromatic amines is 1. The number of aromatic nitrogens is 1. The highest BCUT2D eigenvalue weighted by Crippen LogP contribution is 2.34. The molecular weight excluding hydrogens is 250 g/mol. The Hall–Kier alpha value is -1.29. The van der Waals surface area contributed by atoms with Crippen molar-refractivity contribution in [3.05, 3.63) is 24.0 Å². The molecule has 2 rings (SSSR count). The molecule has 0 aromatic carbocycles. The predicted octanol–water partition coefficient (Wildman–Crippen LogP) is 2.69. The van der Waals surface area contributed by atoms with Gasteiger partial charge < -0.3 is 15.6 Å². The average molecular weight is 277 g/mol. The predicted molar refractivity (Wildman–Crippen MR) is 81.1 cm³/mol. The molecule has 0 bridgehead atoms. The molecule has 1 amide bonds. The Kier molecular flexibility index (Phi) is 4.53. The number of carbonyl (C=O) groups is 1. The number of carbonyl (C=O) groups excluding carboxylic acids is 1. The smallest absolute Gasteiger partial charge is 0.227 e. The van der Waals surface area contributed by atoms with Crippen molar-refractivity contribution in [2.24, 2.45) is 17.1 Å². The normalized spacial score (nSPS) is 21.2. The van der Waals surface area contributed by atoms with Gasteiger partial charge in [0.2, 0.25) is 5.91 Å². The molecule has 0 radical (unpaired) electrons. The van der Waals surface area contributed by atoms with Gasteiger partial charge in [0.1, 0.15) is 0 Å². The molecular formula is C16H27N3O. The van der Waals surface area contributed by atoms with Crippen molar-refractivity contribution < 1.29 is 4.79 Å². The van der Waals surface area contributed by atoms with Crippen LogP contribution in [0.1, 0.15) is 51.8 Å². The zero-order valence-corrected chi connectivity index (χ0v) is 12.9. The summed E-state index contributed by atoms with van der Waals surface area (Å²) in [5.74, 6) is 0.157.